The molecule has 0 aliphatic rings. The minimum atomic E-state index is -3.77. The van der Waals surface area contributed by atoms with Crippen LogP contribution in [0.3, 0.4) is 0 Å². The van der Waals surface area contributed by atoms with Crippen molar-refractivity contribution in [3.05, 3.63) is 78.4 Å². The van der Waals surface area contributed by atoms with Crippen molar-refractivity contribution in [1.82, 2.24) is 9.97 Å². The standard InChI is InChI=1S/C23H20N4O4S2/c1-31-21-9-5-3-7-18(21)20(28)14-32-23-26-19-8-4-2-6-17(19)22(27-23)25-15-10-12-16(13-11-15)33(24,29)30/h2-13H,14H2,1H3,(H2,24,29,30)(H,25,26,27). The number of aromatic nitrogens is 2. The minimum absolute atomic E-state index is 0.0201. The van der Waals surface area contributed by atoms with Crippen molar-refractivity contribution in [2.24, 2.45) is 5.14 Å². The lowest BCUT2D eigenvalue weighted by Crippen LogP contribution is -2.11. The number of para-hydroxylation sites is 2. The Balaban J connectivity index is 1.60. The van der Waals surface area contributed by atoms with E-state index in [0.717, 1.165) is 5.39 Å². The van der Waals surface area contributed by atoms with E-state index in [9.17, 15) is 13.2 Å². The number of primary sulfonamides is 1. The van der Waals surface area contributed by atoms with E-state index in [4.69, 9.17) is 9.88 Å². The number of benzene rings is 3. The van der Waals surface area contributed by atoms with Crippen LogP contribution in [-0.2, 0) is 10.0 Å². The zero-order valence-corrected chi connectivity index (χ0v) is 19.2. The van der Waals surface area contributed by atoms with Crippen molar-refractivity contribution in [3.63, 3.8) is 0 Å². The number of carbonyl (C=O) groups excluding carboxylic acids is 1. The SMILES string of the molecule is COc1ccccc1C(=O)CSc1nc(Nc2ccc(S(N)(=O)=O)cc2)c2ccccc2n1. The van der Waals surface area contributed by atoms with Gasteiger partial charge in [0.05, 0.1) is 28.8 Å². The van der Waals surface area contributed by atoms with Crippen LogP contribution in [0.2, 0.25) is 0 Å². The molecule has 0 amide bonds. The second-order valence-electron chi connectivity index (χ2n) is 6.98. The average Bonchev–Trinajstić information content (AvgIpc) is 2.82. The number of Topliss-reactive ketones (excluding diaryl/α,β-unsaturated/α-hetero) is 1. The second-order valence-corrected chi connectivity index (χ2v) is 9.48. The van der Waals surface area contributed by atoms with Gasteiger partial charge < -0.3 is 10.1 Å². The van der Waals surface area contributed by atoms with Crippen LogP contribution >= 0.6 is 11.8 Å². The lowest BCUT2D eigenvalue weighted by atomic mass is 10.1. The molecule has 0 unspecified atom stereocenters. The van der Waals surface area contributed by atoms with E-state index in [1.54, 1.807) is 30.3 Å². The molecule has 10 heteroatoms. The molecule has 0 saturated heterocycles. The van der Waals surface area contributed by atoms with Crippen molar-refractivity contribution in [1.29, 1.82) is 0 Å². The molecule has 0 fully saturated rings. The number of ketones is 1. The fraction of sp³-hybridized carbons (Fsp3) is 0.0870. The Kier molecular flexibility index (Phi) is 6.59. The second kappa shape index (κ2) is 9.57. The molecule has 0 radical (unpaired) electrons. The molecule has 0 aliphatic carbocycles. The summed E-state index contributed by atoms with van der Waals surface area (Å²) in [5.41, 5.74) is 1.84. The highest BCUT2D eigenvalue weighted by Crippen LogP contribution is 2.28. The normalized spacial score (nSPS) is 11.3. The first-order chi connectivity index (χ1) is 15.8. The van der Waals surface area contributed by atoms with Gasteiger partial charge in [-0.25, -0.2) is 23.5 Å². The summed E-state index contributed by atoms with van der Waals surface area (Å²) in [5, 5.41) is 9.58. The Hall–Kier alpha value is -3.47. The Labute approximate surface area is 195 Å². The van der Waals surface area contributed by atoms with Crippen molar-refractivity contribution >= 4 is 50.0 Å². The number of methoxy groups -OCH3 is 1. The average molecular weight is 481 g/mol. The number of nitrogens with one attached hydrogen (secondary N) is 1. The van der Waals surface area contributed by atoms with Crippen LogP contribution in [0, 0.1) is 0 Å². The summed E-state index contributed by atoms with van der Waals surface area (Å²) in [6.45, 7) is 0. The van der Waals surface area contributed by atoms with Gasteiger partial charge >= 0.3 is 0 Å². The molecule has 0 aliphatic heterocycles. The predicted octanol–water partition coefficient (Wildman–Crippen LogP) is 4.00. The molecule has 0 spiro atoms. The quantitative estimate of drug-likeness (QED) is 0.220. The molecule has 3 aromatic carbocycles. The Morgan fingerprint density at radius 1 is 1.00 bits per heavy atom. The fourth-order valence-electron chi connectivity index (χ4n) is 3.16. The Morgan fingerprint density at radius 2 is 1.70 bits per heavy atom. The van der Waals surface area contributed by atoms with E-state index in [1.165, 1.54) is 31.0 Å². The molecule has 168 valence electrons. The van der Waals surface area contributed by atoms with E-state index in [-0.39, 0.29) is 16.4 Å². The van der Waals surface area contributed by atoms with Crippen molar-refractivity contribution < 1.29 is 17.9 Å². The smallest absolute Gasteiger partial charge is 0.238 e. The molecule has 4 rings (SSSR count). The summed E-state index contributed by atoms with van der Waals surface area (Å²) in [7, 11) is -2.25. The topological polar surface area (TPSA) is 124 Å². The summed E-state index contributed by atoms with van der Waals surface area (Å²) in [5.74, 6) is 1.10. The van der Waals surface area contributed by atoms with Crippen molar-refractivity contribution in [3.8, 4) is 5.75 Å². The van der Waals surface area contributed by atoms with Crippen LogP contribution in [0.5, 0.6) is 5.75 Å². The number of thioether (sulfide) groups is 1. The van der Waals surface area contributed by atoms with E-state index in [1.807, 2.05) is 30.3 Å². The molecule has 1 heterocycles. The Morgan fingerprint density at radius 3 is 2.42 bits per heavy atom. The lowest BCUT2D eigenvalue weighted by molar-refractivity contribution is 0.101. The van der Waals surface area contributed by atoms with Gasteiger partial charge in [0.25, 0.3) is 0 Å². The van der Waals surface area contributed by atoms with Gasteiger partial charge in [-0.2, -0.15) is 0 Å². The molecule has 1 aromatic heterocycles. The number of ether oxygens (including phenoxy) is 1. The summed E-state index contributed by atoms with van der Waals surface area (Å²) in [6.07, 6.45) is 0. The van der Waals surface area contributed by atoms with E-state index in [2.05, 4.69) is 15.3 Å². The zero-order valence-electron chi connectivity index (χ0n) is 17.6. The van der Waals surface area contributed by atoms with Crippen LogP contribution in [0.4, 0.5) is 11.5 Å². The maximum Gasteiger partial charge on any atom is 0.238 e. The van der Waals surface area contributed by atoms with Gasteiger partial charge in [-0.3, -0.25) is 4.79 Å². The van der Waals surface area contributed by atoms with Crippen LogP contribution in [0.15, 0.2) is 82.8 Å². The maximum absolute atomic E-state index is 12.7. The molecule has 8 nitrogen and oxygen atoms in total. The third kappa shape index (κ3) is 5.30. The molecule has 3 N–H and O–H groups in total. The van der Waals surface area contributed by atoms with Crippen LogP contribution in [0.1, 0.15) is 10.4 Å². The van der Waals surface area contributed by atoms with Gasteiger partial charge in [0.15, 0.2) is 10.9 Å². The number of sulfonamides is 1. The first-order valence-electron chi connectivity index (χ1n) is 9.81. The third-order valence-electron chi connectivity index (χ3n) is 4.77. The van der Waals surface area contributed by atoms with Gasteiger partial charge in [0.2, 0.25) is 10.0 Å². The molecule has 0 atom stereocenters. The number of nitrogens with zero attached hydrogens (tertiary/aromatic N) is 2. The number of anilines is 2. The highest BCUT2D eigenvalue weighted by molar-refractivity contribution is 7.99. The zero-order chi connectivity index (χ0) is 23.4. The summed E-state index contributed by atoms with van der Waals surface area (Å²) >= 11 is 1.22. The van der Waals surface area contributed by atoms with Crippen LogP contribution in [-0.4, -0.2) is 37.0 Å². The highest BCUT2D eigenvalue weighted by atomic mass is 32.2. The van der Waals surface area contributed by atoms with Crippen molar-refractivity contribution in [2.45, 2.75) is 10.1 Å². The monoisotopic (exact) mass is 480 g/mol. The lowest BCUT2D eigenvalue weighted by Gasteiger charge is -2.11. The molecule has 4 aromatic rings. The highest BCUT2D eigenvalue weighted by Gasteiger charge is 2.15. The van der Waals surface area contributed by atoms with Gasteiger partial charge in [-0.05, 0) is 48.5 Å². The largest absolute Gasteiger partial charge is 0.496 e. The van der Waals surface area contributed by atoms with Crippen LogP contribution < -0.4 is 15.2 Å². The number of carbonyl (C=O) groups is 1. The number of nitrogens with two attached hydrogens (primary N) is 1. The maximum atomic E-state index is 12.7. The molecule has 0 bridgehead atoms. The van der Waals surface area contributed by atoms with Crippen LogP contribution in [0.25, 0.3) is 10.9 Å². The first-order valence-corrected chi connectivity index (χ1v) is 12.3. The van der Waals surface area contributed by atoms with E-state index >= 15 is 0 Å². The summed E-state index contributed by atoms with van der Waals surface area (Å²) in [6, 6.07) is 20.6. The fourth-order valence-corrected chi connectivity index (χ4v) is 4.41. The number of rotatable bonds is 8. The molecule has 33 heavy (non-hydrogen) atoms. The van der Waals surface area contributed by atoms with Gasteiger partial charge in [0.1, 0.15) is 11.6 Å². The van der Waals surface area contributed by atoms with E-state index < -0.39 is 10.0 Å². The molecule has 0 saturated carbocycles. The molecular weight excluding hydrogens is 460 g/mol. The van der Waals surface area contributed by atoms with Gasteiger partial charge in [-0.1, -0.05) is 36.0 Å². The molecular formula is C23H20N4O4S2. The summed E-state index contributed by atoms with van der Waals surface area (Å²) in [4.78, 5) is 21.9. The number of fused-ring (bicyclic) bond motifs is 1. The minimum Gasteiger partial charge on any atom is -0.496 e. The summed E-state index contributed by atoms with van der Waals surface area (Å²) < 4.78 is 28.3. The van der Waals surface area contributed by atoms with Crippen molar-refractivity contribution in [2.75, 3.05) is 18.2 Å². The number of hydrogen-bond donors (Lipinski definition) is 2. The van der Waals surface area contributed by atoms with E-state index in [0.29, 0.717) is 33.5 Å². The first kappa shape index (κ1) is 22.7. The predicted molar refractivity (Wildman–Crippen MR) is 129 cm³/mol. The third-order valence-corrected chi connectivity index (χ3v) is 6.54. The van der Waals surface area contributed by atoms with Gasteiger partial charge in [0, 0.05) is 11.1 Å². The Bertz CT molecular complexity index is 1420. The van der Waals surface area contributed by atoms with Gasteiger partial charge in [-0.15, -0.1) is 0 Å². The number of hydrogen-bond acceptors (Lipinski definition) is 8.